The molecule has 4 heteroatoms. The smallest absolute Gasteiger partial charge is 0.0991 e. The summed E-state index contributed by atoms with van der Waals surface area (Å²) in [6, 6.07) is 33.9. The van der Waals surface area contributed by atoms with Crippen LogP contribution < -0.4 is 0 Å². The maximum atomic E-state index is 9.73. The molecule has 0 amide bonds. The summed E-state index contributed by atoms with van der Waals surface area (Å²) in [4.78, 5) is 0. The number of hydrogen-bond donors (Lipinski definition) is 0. The van der Waals surface area contributed by atoms with Crippen molar-refractivity contribution in [1.82, 2.24) is 8.80 Å². The minimum absolute atomic E-state index is 0.662. The fourth-order valence-corrected chi connectivity index (χ4v) is 6.72. The molecule has 9 aromatic rings. The van der Waals surface area contributed by atoms with Crippen LogP contribution in [0, 0.1) is 22.7 Å². The monoisotopic (exact) mass is 454 g/mol. The summed E-state index contributed by atoms with van der Waals surface area (Å²) in [5, 5.41) is 28.9. The van der Waals surface area contributed by atoms with Crippen LogP contribution in [-0.2, 0) is 0 Å². The van der Waals surface area contributed by atoms with E-state index in [4.69, 9.17) is 0 Å². The number of aromatic nitrogens is 2. The first-order valence-corrected chi connectivity index (χ1v) is 11.9. The molecule has 0 fully saturated rings. The molecule has 4 heterocycles. The summed E-state index contributed by atoms with van der Waals surface area (Å²) in [5.41, 5.74) is 8.21. The van der Waals surface area contributed by atoms with E-state index < -0.39 is 0 Å². The van der Waals surface area contributed by atoms with Gasteiger partial charge in [0, 0.05) is 43.1 Å². The van der Waals surface area contributed by atoms with Crippen LogP contribution in [0.4, 0.5) is 0 Å². The van der Waals surface area contributed by atoms with E-state index in [1.54, 1.807) is 0 Å². The topological polar surface area (TPSA) is 56.4 Å². The lowest BCUT2D eigenvalue weighted by Crippen LogP contribution is -1.80. The summed E-state index contributed by atoms with van der Waals surface area (Å²) >= 11 is 0. The molecule has 36 heavy (non-hydrogen) atoms. The third-order valence-corrected chi connectivity index (χ3v) is 7.99. The molecule has 9 rings (SSSR count). The number of nitriles is 2. The molecule has 0 bridgehead atoms. The number of benzene rings is 5. The maximum Gasteiger partial charge on any atom is 0.0991 e. The van der Waals surface area contributed by atoms with Gasteiger partial charge in [0.25, 0.3) is 0 Å². The largest absolute Gasteiger partial charge is 0.308 e. The third kappa shape index (κ3) is 1.79. The van der Waals surface area contributed by atoms with E-state index in [1.165, 1.54) is 43.4 Å². The number of para-hydroxylation sites is 2. The Balaban J connectivity index is 1.79. The molecular weight excluding hydrogens is 440 g/mol. The fraction of sp³-hybridized carbons (Fsp3) is 0. The highest BCUT2D eigenvalue weighted by atomic mass is 14.9. The van der Waals surface area contributed by atoms with Crippen LogP contribution in [0.25, 0.3) is 76.2 Å². The first-order chi connectivity index (χ1) is 17.8. The van der Waals surface area contributed by atoms with Crippen LogP contribution in [0.2, 0.25) is 0 Å². The van der Waals surface area contributed by atoms with Gasteiger partial charge in [-0.15, -0.1) is 0 Å². The van der Waals surface area contributed by atoms with Gasteiger partial charge >= 0.3 is 0 Å². The van der Waals surface area contributed by atoms with Crippen LogP contribution in [0.3, 0.4) is 0 Å². The minimum atomic E-state index is 0.662. The zero-order chi connectivity index (χ0) is 23.7. The summed E-state index contributed by atoms with van der Waals surface area (Å²) in [5.74, 6) is 0. The SMILES string of the molecule is N#Cc1ccc2c(c1)c1c3c4ccccc4n4c5ccc(C#N)cc5c(c5c6ccccc6n2c51)c34. The normalized spacial score (nSPS) is 12.4. The van der Waals surface area contributed by atoms with Crippen molar-refractivity contribution in [3.05, 3.63) is 96.1 Å². The molecule has 0 aliphatic heterocycles. The van der Waals surface area contributed by atoms with E-state index in [2.05, 4.69) is 81.6 Å². The highest BCUT2D eigenvalue weighted by molar-refractivity contribution is 6.45. The van der Waals surface area contributed by atoms with Gasteiger partial charge in [-0.3, -0.25) is 0 Å². The number of rotatable bonds is 0. The summed E-state index contributed by atoms with van der Waals surface area (Å²) < 4.78 is 4.73. The summed E-state index contributed by atoms with van der Waals surface area (Å²) in [6.07, 6.45) is 0. The predicted molar refractivity (Wildman–Crippen MR) is 145 cm³/mol. The quantitative estimate of drug-likeness (QED) is 0.235. The molecule has 0 N–H and O–H groups in total. The second kappa shape index (κ2) is 5.84. The second-order valence-corrected chi connectivity index (χ2v) is 9.59. The van der Waals surface area contributed by atoms with Crippen molar-refractivity contribution >= 4 is 76.2 Å². The average molecular weight is 454 g/mol. The van der Waals surface area contributed by atoms with Crippen molar-refractivity contribution in [3.8, 4) is 12.1 Å². The van der Waals surface area contributed by atoms with Gasteiger partial charge in [-0.1, -0.05) is 36.4 Å². The van der Waals surface area contributed by atoms with Gasteiger partial charge in [0.05, 0.1) is 56.4 Å². The Kier molecular flexibility index (Phi) is 2.93. The third-order valence-electron chi connectivity index (χ3n) is 7.99. The lowest BCUT2D eigenvalue weighted by atomic mass is 9.97. The van der Waals surface area contributed by atoms with Crippen LogP contribution in [0.5, 0.6) is 0 Å². The first-order valence-electron chi connectivity index (χ1n) is 11.9. The highest BCUT2D eigenvalue weighted by Gasteiger charge is 2.28. The van der Waals surface area contributed by atoms with Crippen molar-refractivity contribution in [2.45, 2.75) is 0 Å². The number of hydrogen-bond acceptors (Lipinski definition) is 2. The van der Waals surface area contributed by atoms with E-state index in [0.717, 1.165) is 32.8 Å². The van der Waals surface area contributed by atoms with Crippen molar-refractivity contribution in [1.29, 1.82) is 10.5 Å². The van der Waals surface area contributed by atoms with Crippen molar-refractivity contribution < 1.29 is 0 Å². The molecular formula is C32H14N4. The van der Waals surface area contributed by atoms with Crippen molar-refractivity contribution in [3.63, 3.8) is 0 Å². The fourth-order valence-electron chi connectivity index (χ4n) is 6.72. The van der Waals surface area contributed by atoms with Gasteiger partial charge in [0.1, 0.15) is 0 Å². The highest BCUT2D eigenvalue weighted by Crippen LogP contribution is 2.51. The van der Waals surface area contributed by atoms with Crippen molar-refractivity contribution in [2.75, 3.05) is 0 Å². The molecule has 5 aromatic carbocycles. The van der Waals surface area contributed by atoms with E-state index >= 15 is 0 Å². The predicted octanol–water partition coefficient (Wildman–Crippen LogP) is 7.73. The first kappa shape index (κ1) is 18.1. The molecule has 0 aliphatic rings. The molecule has 0 radical (unpaired) electrons. The zero-order valence-electron chi connectivity index (χ0n) is 18.9. The Bertz CT molecular complexity index is 2310. The lowest BCUT2D eigenvalue weighted by molar-refractivity contribution is 1.37. The molecule has 0 atom stereocenters. The van der Waals surface area contributed by atoms with Gasteiger partial charge in [0.15, 0.2) is 0 Å². The molecule has 0 unspecified atom stereocenters. The maximum absolute atomic E-state index is 9.73. The van der Waals surface area contributed by atoms with E-state index in [1.807, 2.05) is 24.3 Å². The molecule has 162 valence electrons. The van der Waals surface area contributed by atoms with Crippen LogP contribution in [0.15, 0.2) is 84.9 Å². The summed E-state index contributed by atoms with van der Waals surface area (Å²) in [6.45, 7) is 0. The average Bonchev–Trinajstić information content (AvgIpc) is 3.64. The molecule has 0 spiro atoms. The van der Waals surface area contributed by atoms with Gasteiger partial charge in [-0.25, -0.2) is 0 Å². The second-order valence-electron chi connectivity index (χ2n) is 9.59. The standard InChI is InChI=1S/C32H14N4/c33-15-17-10-12-26-21(13-17)29-27-19-5-1-3-7-23(19)35-25-11-9-18(16-34)14-22(25)30(31(27)35)28-20-6-2-4-8-24(20)36(26)32(28)29/h1-14H. The van der Waals surface area contributed by atoms with E-state index in [9.17, 15) is 10.5 Å². The molecule has 0 saturated heterocycles. The molecule has 4 aromatic heterocycles. The van der Waals surface area contributed by atoms with Gasteiger partial charge in [-0.05, 0) is 48.5 Å². The zero-order valence-corrected chi connectivity index (χ0v) is 18.9. The molecule has 4 nitrogen and oxygen atoms in total. The number of nitrogens with zero attached hydrogens (tertiary/aromatic N) is 4. The molecule has 0 saturated carbocycles. The minimum Gasteiger partial charge on any atom is -0.308 e. The number of fused-ring (bicyclic) bond motifs is 14. The van der Waals surface area contributed by atoms with Crippen molar-refractivity contribution in [2.24, 2.45) is 0 Å². The molecule has 0 aliphatic carbocycles. The van der Waals surface area contributed by atoms with Gasteiger partial charge in [0.2, 0.25) is 0 Å². The Hall–Kier alpha value is -5.32. The Morgan fingerprint density at radius 2 is 0.833 bits per heavy atom. The van der Waals surface area contributed by atoms with Gasteiger partial charge < -0.3 is 8.80 Å². The summed E-state index contributed by atoms with van der Waals surface area (Å²) in [7, 11) is 0. The van der Waals surface area contributed by atoms with Gasteiger partial charge in [-0.2, -0.15) is 10.5 Å². The van der Waals surface area contributed by atoms with Crippen LogP contribution >= 0.6 is 0 Å². The van der Waals surface area contributed by atoms with E-state index in [-0.39, 0.29) is 0 Å². The van der Waals surface area contributed by atoms with E-state index in [0.29, 0.717) is 11.1 Å². The Morgan fingerprint density at radius 1 is 0.444 bits per heavy atom. The van der Waals surface area contributed by atoms with Crippen LogP contribution in [0.1, 0.15) is 11.1 Å². The Morgan fingerprint density at radius 3 is 1.28 bits per heavy atom. The Labute approximate surface area is 203 Å². The van der Waals surface area contributed by atoms with Crippen LogP contribution in [-0.4, -0.2) is 8.80 Å². The lowest BCUT2D eigenvalue weighted by Gasteiger charge is -2.03.